The quantitative estimate of drug-likeness (QED) is 0.893. The molecule has 0 aliphatic carbocycles. The summed E-state index contributed by atoms with van der Waals surface area (Å²) in [6.45, 7) is 1.30. The first kappa shape index (κ1) is 14.4. The Hall–Kier alpha value is -2.24. The van der Waals surface area contributed by atoms with Crippen molar-refractivity contribution in [3.63, 3.8) is 0 Å². The molecule has 0 bridgehead atoms. The fourth-order valence-corrected chi connectivity index (χ4v) is 3.48. The van der Waals surface area contributed by atoms with Gasteiger partial charge in [-0.05, 0) is 35.7 Å². The average molecular weight is 311 g/mol. The van der Waals surface area contributed by atoms with Gasteiger partial charge in [0.25, 0.3) is 0 Å². The Morgan fingerprint density at radius 3 is 2.74 bits per heavy atom. The van der Waals surface area contributed by atoms with E-state index >= 15 is 0 Å². The minimum atomic E-state index is -0.268. The molecule has 4 rings (SSSR count). The lowest BCUT2D eigenvalue weighted by Crippen LogP contribution is -2.38. The number of hydrazine groups is 1. The number of carbonyl (C=O) groups excluding carboxylic acids is 1. The summed E-state index contributed by atoms with van der Waals surface area (Å²) in [6.07, 6.45) is 0.900. The number of benzene rings is 2. The Morgan fingerprint density at radius 1 is 1.13 bits per heavy atom. The van der Waals surface area contributed by atoms with Crippen molar-refractivity contribution in [1.82, 2.24) is 10.9 Å². The molecule has 0 spiro atoms. The molecule has 23 heavy (non-hydrogen) atoms. The Morgan fingerprint density at radius 2 is 1.91 bits per heavy atom. The molecular formula is C18H18FN3O. The molecule has 2 aliphatic rings. The number of rotatable bonds is 2. The van der Waals surface area contributed by atoms with Crippen LogP contribution in [0, 0.1) is 11.7 Å². The molecule has 0 saturated carbocycles. The second kappa shape index (κ2) is 5.76. The van der Waals surface area contributed by atoms with Crippen molar-refractivity contribution in [3.8, 4) is 0 Å². The van der Waals surface area contributed by atoms with Gasteiger partial charge in [-0.15, -0.1) is 0 Å². The van der Waals surface area contributed by atoms with Crippen molar-refractivity contribution >= 4 is 11.6 Å². The predicted octanol–water partition coefficient (Wildman–Crippen LogP) is 2.18. The Kier molecular flexibility index (Phi) is 3.59. The van der Waals surface area contributed by atoms with Crippen LogP contribution in [0.25, 0.3) is 0 Å². The molecule has 0 radical (unpaired) electrons. The van der Waals surface area contributed by atoms with Gasteiger partial charge in [0.1, 0.15) is 5.82 Å². The summed E-state index contributed by atoms with van der Waals surface area (Å²) in [4.78, 5) is 14.9. The SMILES string of the molecule is O=C(C1CNNC1c1ccc(F)cc1)N1CCc2ccccc21. The van der Waals surface area contributed by atoms with Crippen LogP contribution in [0.3, 0.4) is 0 Å². The Labute approximate surface area is 134 Å². The molecule has 0 aromatic heterocycles. The van der Waals surface area contributed by atoms with E-state index in [0.29, 0.717) is 6.54 Å². The number of carbonyl (C=O) groups is 1. The third kappa shape index (κ3) is 2.52. The van der Waals surface area contributed by atoms with Gasteiger partial charge in [0.15, 0.2) is 0 Å². The molecule has 118 valence electrons. The molecular weight excluding hydrogens is 293 g/mol. The largest absolute Gasteiger partial charge is 0.311 e. The zero-order valence-corrected chi connectivity index (χ0v) is 12.6. The highest BCUT2D eigenvalue weighted by Crippen LogP contribution is 2.33. The summed E-state index contributed by atoms with van der Waals surface area (Å²) < 4.78 is 13.1. The van der Waals surface area contributed by atoms with E-state index in [1.807, 2.05) is 23.1 Å². The zero-order valence-electron chi connectivity index (χ0n) is 12.6. The molecule has 4 nitrogen and oxygen atoms in total. The molecule has 1 fully saturated rings. The maximum atomic E-state index is 13.1. The van der Waals surface area contributed by atoms with Crippen molar-refractivity contribution in [3.05, 3.63) is 65.5 Å². The van der Waals surface area contributed by atoms with Gasteiger partial charge in [0.2, 0.25) is 5.91 Å². The van der Waals surface area contributed by atoms with E-state index in [4.69, 9.17) is 0 Å². The molecule has 2 aliphatic heterocycles. The van der Waals surface area contributed by atoms with Gasteiger partial charge < -0.3 is 4.90 Å². The molecule has 5 heteroatoms. The summed E-state index contributed by atoms with van der Waals surface area (Å²) >= 11 is 0. The second-order valence-corrected chi connectivity index (χ2v) is 6.03. The fourth-order valence-electron chi connectivity index (χ4n) is 3.48. The van der Waals surface area contributed by atoms with Gasteiger partial charge in [-0.25, -0.2) is 9.82 Å². The van der Waals surface area contributed by atoms with E-state index in [2.05, 4.69) is 16.9 Å². The van der Waals surface area contributed by atoms with Gasteiger partial charge in [-0.1, -0.05) is 30.3 Å². The lowest BCUT2D eigenvalue weighted by molar-refractivity contribution is -0.122. The number of hydrogen-bond donors (Lipinski definition) is 2. The lowest BCUT2D eigenvalue weighted by atomic mass is 9.93. The van der Waals surface area contributed by atoms with Crippen LogP contribution in [0.2, 0.25) is 0 Å². The summed E-state index contributed by atoms with van der Waals surface area (Å²) in [5.74, 6) is -0.357. The average Bonchev–Trinajstić information content (AvgIpc) is 3.22. The van der Waals surface area contributed by atoms with Gasteiger partial charge in [-0.3, -0.25) is 10.2 Å². The van der Waals surface area contributed by atoms with Crippen molar-refractivity contribution in [2.24, 2.45) is 5.92 Å². The van der Waals surface area contributed by atoms with Crippen molar-refractivity contribution in [2.45, 2.75) is 12.5 Å². The van der Waals surface area contributed by atoms with E-state index in [1.165, 1.54) is 17.7 Å². The van der Waals surface area contributed by atoms with Gasteiger partial charge in [0, 0.05) is 18.8 Å². The first-order chi connectivity index (χ1) is 11.2. The zero-order chi connectivity index (χ0) is 15.8. The first-order valence-electron chi connectivity index (χ1n) is 7.87. The monoisotopic (exact) mass is 311 g/mol. The van der Waals surface area contributed by atoms with E-state index in [9.17, 15) is 9.18 Å². The van der Waals surface area contributed by atoms with Crippen LogP contribution in [0.4, 0.5) is 10.1 Å². The summed E-state index contributed by atoms with van der Waals surface area (Å²) in [7, 11) is 0. The number of fused-ring (bicyclic) bond motifs is 1. The second-order valence-electron chi connectivity index (χ2n) is 6.03. The summed E-state index contributed by atoms with van der Waals surface area (Å²) in [5.41, 5.74) is 9.38. The molecule has 2 N–H and O–H groups in total. The Balaban J connectivity index is 1.59. The Bertz CT molecular complexity index is 731. The van der Waals surface area contributed by atoms with Crippen LogP contribution < -0.4 is 15.8 Å². The topological polar surface area (TPSA) is 44.4 Å². The summed E-state index contributed by atoms with van der Waals surface area (Å²) in [6, 6.07) is 14.2. The summed E-state index contributed by atoms with van der Waals surface area (Å²) in [5, 5.41) is 0. The predicted molar refractivity (Wildman–Crippen MR) is 86.3 cm³/mol. The molecule has 2 aromatic carbocycles. The molecule has 2 heterocycles. The standard InChI is InChI=1S/C18H18FN3O/c19-14-7-5-13(6-8-14)17-15(11-20-21-17)18(23)22-10-9-12-3-1-2-4-16(12)22/h1-8,15,17,20-21H,9-11H2. The van der Waals surface area contributed by atoms with Gasteiger partial charge in [0.05, 0.1) is 12.0 Å². The van der Waals surface area contributed by atoms with Crippen LogP contribution >= 0.6 is 0 Å². The number of anilines is 1. The minimum absolute atomic E-state index is 0.113. The van der Waals surface area contributed by atoms with Crippen molar-refractivity contribution in [2.75, 3.05) is 18.0 Å². The molecule has 1 amide bonds. The van der Waals surface area contributed by atoms with E-state index < -0.39 is 0 Å². The number of para-hydroxylation sites is 1. The van der Waals surface area contributed by atoms with Crippen LogP contribution in [0.1, 0.15) is 17.2 Å². The normalized spacial score (nSPS) is 23.1. The van der Waals surface area contributed by atoms with Crippen LogP contribution in [-0.2, 0) is 11.2 Å². The maximum absolute atomic E-state index is 13.1. The molecule has 2 aromatic rings. The maximum Gasteiger partial charge on any atom is 0.233 e. The van der Waals surface area contributed by atoms with Crippen LogP contribution in [0.15, 0.2) is 48.5 Å². The number of halogens is 1. The molecule has 1 saturated heterocycles. The third-order valence-electron chi connectivity index (χ3n) is 4.68. The third-order valence-corrected chi connectivity index (χ3v) is 4.68. The smallest absolute Gasteiger partial charge is 0.233 e. The number of hydrogen-bond acceptors (Lipinski definition) is 3. The number of nitrogens with zero attached hydrogens (tertiary/aromatic N) is 1. The minimum Gasteiger partial charge on any atom is -0.311 e. The van der Waals surface area contributed by atoms with Crippen molar-refractivity contribution < 1.29 is 9.18 Å². The first-order valence-corrected chi connectivity index (χ1v) is 7.87. The highest BCUT2D eigenvalue weighted by atomic mass is 19.1. The van der Waals surface area contributed by atoms with E-state index in [-0.39, 0.29) is 23.7 Å². The number of nitrogens with one attached hydrogen (secondary N) is 2. The lowest BCUT2D eigenvalue weighted by Gasteiger charge is -2.24. The fraction of sp³-hybridized carbons (Fsp3) is 0.278. The van der Waals surface area contributed by atoms with Crippen LogP contribution in [-0.4, -0.2) is 19.0 Å². The van der Waals surface area contributed by atoms with E-state index in [1.54, 1.807) is 12.1 Å². The molecule has 2 unspecified atom stereocenters. The number of amides is 1. The molecule has 2 atom stereocenters. The van der Waals surface area contributed by atoms with Crippen molar-refractivity contribution in [1.29, 1.82) is 0 Å². The van der Waals surface area contributed by atoms with E-state index in [0.717, 1.165) is 24.2 Å². The highest BCUT2D eigenvalue weighted by molar-refractivity contribution is 5.97. The van der Waals surface area contributed by atoms with Crippen LogP contribution in [0.5, 0.6) is 0 Å². The highest BCUT2D eigenvalue weighted by Gasteiger charge is 2.38. The van der Waals surface area contributed by atoms with Gasteiger partial charge >= 0.3 is 0 Å². The van der Waals surface area contributed by atoms with Gasteiger partial charge in [-0.2, -0.15) is 0 Å².